The summed E-state index contributed by atoms with van der Waals surface area (Å²) in [6.45, 7) is 0. The summed E-state index contributed by atoms with van der Waals surface area (Å²) in [6.07, 6.45) is 2.31. The highest BCUT2D eigenvalue weighted by Gasteiger charge is 2.07. The Balaban J connectivity index is 2.50. The second kappa shape index (κ2) is 6.34. The van der Waals surface area contributed by atoms with Crippen molar-refractivity contribution in [3.8, 4) is 0 Å². The lowest BCUT2D eigenvalue weighted by Gasteiger charge is -2.06. The number of rotatable bonds is 5. The number of amides is 1. The van der Waals surface area contributed by atoms with Gasteiger partial charge in [-0.3, -0.25) is 9.00 Å². The van der Waals surface area contributed by atoms with Gasteiger partial charge >= 0.3 is 0 Å². The van der Waals surface area contributed by atoms with Crippen molar-refractivity contribution in [1.82, 2.24) is 0 Å². The fourth-order valence-electron chi connectivity index (χ4n) is 1.29. The molecule has 94 valence electrons. The van der Waals surface area contributed by atoms with Crippen molar-refractivity contribution in [3.05, 3.63) is 24.0 Å². The van der Waals surface area contributed by atoms with E-state index in [0.29, 0.717) is 17.9 Å². The van der Waals surface area contributed by atoms with Crippen molar-refractivity contribution in [2.45, 2.75) is 12.8 Å². The van der Waals surface area contributed by atoms with Gasteiger partial charge in [0.05, 0.1) is 5.69 Å². The Morgan fingerprint density at radius 1 is 1.53 bits per heavy atom. The normalized spacial score (nSPS) is 12.1. The fraction of sp³-hybridized carbons (Fsp3) is 0.364. The molecule has 0 fully saturated rings. The lowest BCUT2D eigenvalue weighted by molar-refractivity contribution is -0.116. The molecular formula is C11H15FN2O2S. The van der Waals surface area contributed by atoms with Gasteiger partial charge in [-0.15, -0.1) is 0 Å². The van der Waals surface area contributed by atoms with Crippen molar-refractivity contribution < 1.29 is 13.4 Å². The van der Waals surface area contributed by atoms with Crippen LogP contribution in [0.2, 0.25) is 0 Å². The minimum atomic E-state index is -0.911. The van der Waals surface area contributed by atoms with Crippen LogP contribution in [0.15, 0.2) is 18.2 Å². The average Bonchev–Trinajstić information content (AvgIpc) is 2.23. The molecule has 0 heterocycles. The maximum absolute atomic E-state index is 13.3. The Bertz CT molecular complexity index is 437. The molecule has 0 aliphatic rings. The molecule has 0 bridgehead atoms. The molecule has 0 spiro atoms. The first-order valence-corrected chi connectivity index (χ1v) is 6.86. The van der Waals surface area contributed by atoms with E-state index in [2.05, 4.69) is 5.32 Å². The van der Waals surface area contributed by atoms with Crippen LogP contribution in [0.3, 0.4) is 0 Å². The molecule has 17 heavy (non-hydrogen) atoms. The first-order valence-electron chi connectivity index (χ1n) is 5.14. The number of hydrogen-bond donors (Lipinski definition) is 2. The molecule has 1 rings (SSSR count). The zero-order valence-corrected chi connectivity index (χ0v) is 10.3. The van der Waals surface area contributed by atoms with E-state index in [0.717, 1.165) is 0 Å². The van der Waals surface area contributed by atoms with E-state index in [-0.39, 0.29) is 18.0 Å². The van der Waals surface area contributed by atoms with Crippen LogP contribution in [0, 0.1) is 5.82 Å². The molecule has 6 heteroatoms. The van der Waals surface area contributed by atoms with Crippen molar-refractivity contribution >= 4 is 28.1 Å². The molecule has 1 atom stereocenters. The van der Waals surface area contributed by atoms with Crippen molar-refractivity contribution in [3.63, 3.8) is 0 Å². The van der Waals surface area contributed by atoms with E-state index >= 15 is 0 Å². The minimum absolute atomic E-state index is 0.0765. The van der Waals surface area contributed by atoms with Crippen LogP contribution in [0.25, 0.3) is 0 Å². The fourth-order valence-corrected chi connectivity index (χ4v) is 1.84. The van der Waals surface area contributed by atoms with Crippen LogP contribution in [-0.2, 0) is 15.6 Å². The predicted molar refractivity (Wildman–Crippen MR) is 67.6 cm³/mol. The summed E-state index contributed by atoms with van der Waals surface area (Å²) in [5, 5.41) is 2.43. The van der Waals surface area contributed by atoms with Gasteiger partial charge in [-0.05, 0) is 24.6 Å². The highest BCUT2D eigenvalue weighted by atomic mass is 32.2. The third-order valence-corrected chi connectivity index (χ3v) is 2.96. The van der Waals surface area contributed by atoms with Crippen LogP contribution in [-0.4, -0.2) is 22.1 Å². The van der Waals surface area contributed by atoms with Gasteiger partial charge in [-0.25, -0.2) is 4.39 Å². The number of halogens is 1. The largest absolute Gasteiger partial charge is 0.399 e. The highest BCUT2D eigenvalue weighted by Crippen LogP contribution is 2.17. The molecule has 0 aliphatic carbocycles. The number of carbonyl (C=O) groups excluding carboxylic acids is 1. The first kappa shape index (κ1) is 13.6. The second-order valence-corrected chi connectivity index (χ2v) is 5.22. The summed E-state index contributed by atoms with van der Waals surface area (Å²) in [5.74, 6) is -0.362. The molecule has 0 aliphatic heterocycles. The smallest absolute Gasteiger partial charge is 0.224 e. The second-order valence-electron chi connectivity index (χ2n) is 3.67. The van der Waals surface area contributed by atoms with E-state index < -0.39 is 16.6 Å². The van der Waals surface area contributed by atoms with E-state index in [1.165, 1.54) is 18.2 Å². The van der Waals surface area contributed by atoms with Gasteiger partial charge < -0.3 is 11.1 Å². The van der Waals surface area contributed by atoms with Gasteiger partial charge in [0.25, 0.3) is 0 Å². The maximum Gasteiger partial charge on any atom is 0.224 e. The van der Waals surface area contributed by atoms with E-state index in [9.17, 15) is 13.4 Å². The van der Waals surface area contributed by atoms with Crippen molar-refractivity contribution in [2.24, 2.45) is 0 Å². The maximum atomic E-state index is 13.3. The van der Waals surface area contributed by atoms with Gasteiger partial charge in [0.1, 0.15) is 5.82 Å². The summed E-state index contributed by atoms with van der Waals surface area (Å²) in [5.41, 5.74) is 5.95. The third kappa shape index (κ3) is 4.95. The predicted octanol–water partition coefficient (Wildman–Crippen LogP) is 1.51. The number of carbonyl (C=O) groups is 1. The van der Waals surface area contributed by atoms with Gasteiger partial charge in [-0.1, -0.05) is 0 Å². The standard InChI is InChI=1S/C11H15FN2O2S/c1-17(16)6-2-3-11(15)14-10-7-8(13)4-5-9(10)12/h4-5,7H,2-3,6,13H2,1H3,(H,14,15). The number of hydrogen-bond acceptors (Lipinski definition) is 3. The molecule has 0 saturated carbocycles. The molecule has 0 radical (unpaired) electrons. The van der Waals surface area contributed by atoms with Gasteiger partial charge in [-0.2, -0.15) is 0 Å². The van der Waals surface area contributed by atoms with Crippen molar-refractivity contribution in [2.75, 3.05) is 23.1 Å². The van der Waals surface area contributed by atoms with Crippen LogP contribution in [0.1, 0.15) is 12.8 Å². The molecule has 1 aromatic carbocycles. The van der Waals surface area contributed by atoms with Gasteiger partial charge in [0.2, 0.25) is 5.91 Å². The Morgan fingerprint density at radius 2 is 2.24 bits per heavy atom. The molecule has 1 aromatic rings. The SMILES string of the molecule is CS(=O)CCCC(=O)Nc1cc(N)ccc1F. The number of benzene rings is 1. The summed E-state index contributed by atoms with van der Waals surface area (Å²) in [4.78, 5) is 11.4. The molecule has 1 amide bonds. The third-order valence-electron chi connectivity index (χ3n) is 2.10. The lowest BCUT2D eigenvalue weighted by atomic mass is 10.2. The number of nitrogens with two attached hydrogens (primary N) is 1. The summed E-state index contributed by atoms with van der Waals surface area (Å²) < 4.78 is 24.0. The van der Waals surface area contributed by atoms with Crippen LogP contribution in [0.5, 0.6) is 0 Å². The highest BCUT2D eigenvalue weighted by molar-refractivity contribution is 7.84. The van der Waals surface area contributed by atoms with Crippen LogP contribution >= 0.6 is 0 Å². The zero-order chi connectivity index (χ0) is 12.8. The molecule has 4 nitrogen and oxygen atoms in total. The van der Waals surface area contributed by atoms with Crippen LogP contribution in [0.4, 0.5) is 15.8 Å². The summed E-state index contributed by atoms with van der Waals surface area (Å²) >= 11 is 0. The van der Waals surface area contributed by atoms with E-state index in [1.807, 2.05) is 0 Å². The Morgan fingerprint density at radius 3 is 2.88 bits per heavy atom. The van der Waals surface area contributed by atoms with Crippen molar-refractivity contribution in [1.29, 1.82) is 0 Å². The summed E-state index contributed by atoms with van der Waals surface area (Å²) in [7, 11) is -0.911. The molecule has 3 N–H and O–H groups in total. The van der Waals surface area contributed by atoms with Crippen LogP contribution < -0.4 is 11.1 Å². The number of nitrogen functional groups attached to an aromatic ring is 1. The minimum Gasteiger partial charge on any atom is -0.399 e. The zero-order valence-electron chi connectivity index (χ0n) is 9.53. The Hall–Kier alpha value is -1.43. The lowest BCUT2D eigenvalue weighted by Crippen LogP contribution is -2.13. The Kier molecular flexibility index (Phi) is 5.09. The molecule has 0 saturated heterocycles. The first-order chi connectivity index (χ1) is 7.99. The molecule has 1 unspecified atom stereocenters. The number of anilines is 2. The van der Waals surface area contributed by atoms with Gasteiger partial charge in [0.15, 0.2) is 0 Å². The van der Waals surface area contributed by atoms with Gasteiger partial charge in [0, 0.05) is 34.9 Å². The number of nitrogens with one attached hydrogen (secondary N) is 1. The monoisotopic (exact) mass is 258 g/mol. The summed E-state index contributed by atoms with van der Waals surface area (Å²) in [6, 6.07) is 3.99. The van der Waals surface area contributed by atoms with E-state index in [4.69, 9.17) is 5.73 Å². The quantitative estimate of drug-likeness (QED) is 0.786. The van der Waals surface area contributed by atoms with E-state index in [1.54, 1.807) is 6.26 Å². The Labute approximate surface area is 102 Å². The molecule has 0 aromatic heterocycles. The topological polar surface area (TPSA) is 72.2 Å². The molecular weight excluding hydrogens is 243 g/mol. The average molecular weight is 258 g/mol.